The third-order valence-electron chi connectivity index (χ3n) is 3.67. The van der Waals surface area contributed by atoms with Crippen LogP contribution in [0.4, 0.5) is 5.69 Å². The van der Waals surface area contributed by atoms with E-state index < -0.39 is 6.10 Å². The van der Waals surface area contributed by atoms with E-state index in [1.807, 2.05) is 43.4 Å². The molecule has 1 unspecified atom stereocenters. The Hall–Kier alpha value is -2.37. The van der Waals surface area contributed by atoms with Gasteiger partial charge in [0.15, 0.2) is 0 Å². The Morgan fingerprint density at radius 3 is 2.70 bits per heavy atom. The van der Waals surface area contributed by atoms with Gasteiger partial charge < -0.3 is 10.4 Å². The second kappa shape index (κ2) is 6.81. The summed E-state index contributed by atoms with van der Waals surface area (Å²) in [6, 6.07) is 14.9. The molecule has 23 heavy (non-hydrogen) atoms. The molecule has 118 valence electrons. The number of aryl methyl sites for hydroxylation is 1. The van der Waals surface area contributed by atoms with Crippen LogP contribution in [0.25, 0.3) is 0 Å². The van der Waals surface area contributed by atoms with Crippen molar-refractivity contribution < 1.29 is 5.11 Å². The molecular formula is C17H17ClN4O. The summed E-state index contributed by atoms with van der Waals surface area (Å²) in [5, 5.41) is 18.6. The first-order chi connectivity index (χ1) is 11.1. The third kappa shape index (κ3) is 3.52. The molecule has 1 aromatic heterocycles. The van der Waals surface area contributed by atoms with E-state index in [2.05, 4.69) is 15.4 Å². The Bertz CT molecular complexity index is 788. The molecule has 0 radical (unpaired) electrons. The van der Waals surface area contributed by atoms with Crippen LogP contribution in [0.1, 0.15) is 23.1 Å². The topological polar surface area (TPSA) is 63.0 Å². The fraction of sp³-hybridized carbons (Fsp3) is 0.176. The smallest absolute Gasteiger partial charge is 0.145 e. The first-order valence-electron chi connectivity index (χ1n) is 7.24. The number of aliphatic hydroxyl groups excluding tert-OH is 1. The molecule has 0 aliphatic heterocycles. The predicted octanol–water partition coefficient (Wildman–Crippen LogP) is 3.16. The largest absolute Gasteiger partial charge is 0.384 e. The second-order valence-corrected chi connectivity index (χ2v) is 5.63. The van der Waals surface area contributed by atoms with E-state index in [0.29, 0.717) is 11.6 Å². The molecule has 0 spiro atoms. The Labute approximate surface area is 139 Å². The fourth-order valence-electron chi connectivity index (χ4n) is 2.39. The number of aromatic nitrogens is 3. The average Bonchev–Trinajstić information content (AvgIpc) is 2.99. The molecule has 6 heteroatoms. The van der Waals surface area contributed by atoms with Crippen LogP contribution in [0.15, 0.2) is 54.9 Å². The van der Waals surface area contributed by atoms with Crippen molar-refractivity contribution in [1.29, 1.82) is 0 Å². The average molecular weight is 329 g/mol. The van der Waals surface area contributed by atoms with Crippen molar-refractivity contribution in [3.63, 3.8) is 0 Å². The van der Waals surface area contributed by atoms with Crippen molar-refractivity contribution in [3.8, 4) is 0 Å². The summed E-state index contributed by atoms with van der Waals surface area (Å²) in [5.74, 6) is 0.806. The number of nitrogens with zero attached hydrogens (tertiary/aromatic N) is 3. The lowest BCUT2D eigenvalue weighted by Crippen LogP contribution is -2.10. The summed E-state index contributed by atoms with van der Waals surface area (Å²) in [4.78, 5) is 4.18. The normalized spacial score (nSPS) is 12.1. The van der Waals surface area contributed by atoms with E-state index >= 15 is 0 Å². The standard InChI is InChI=1S/C17H17ClN4O/c1-22-16(20-11-21-22)10-19-15-8-7-13(18)9-14(15)17(23)12-5-3-2-4-6-12/h2-9,11,17,19,23H,10H2,1H3. The summed E-state index contributed by atoms with van der Waals surface area (Å²) < 4.78 is 1.70. The minimum atomic E-state index is -0.753. The van der Waals surface area contributed by atoms with Gasteiger partial charge in [-0.25, -0.2) is 4.98 Å². The molecule has 5 nitrogen and oxygen atoms in total. The number of halogens is 1. The molecule has 1 heterocycles. The monoisotopic (exact) mass is 328 g/mol. The van der Waals surface area contributed by atoms with Crippen molar-refractivity contribution in [3.05, 3.63) is 76.8 Å². The van der Waals surface area contributed by atoms with Gasteiger partial charge in [0.1, 0.15) is 18.3 Å². The van der Waals surface area contributed by atoms with Gasteiger partial charge >= 0.3 is 0 Å². The van der Waals surface area contributed by atoms with Gasteiger partial charge in [0, 0.05) is 23.3 Å². The molecule has 3 rings (SSSR count). The molecular weight excluding hydrogens is 312 g/mol. The van der Waals surface area contributed by atoms with E-state index in [1.165, 1.54) is 6.33 Å². The number of rotatable bonds is 5. The van der Waals surface area contributed by atoms with Crippen LogP contribution in [0, 0.1) is 0 Å². The van der Waals surface area contributed by atoms with Crippen LogP contribution in [-0.2, 0) is 13.6 Å². The van der Waals surface area contributed by atoms with Crippen molar-refractivity contribution in [2.75, 3.05) is 5.32 Å². The van der Waals surface area contributed by atoms with Crippen LogP contribution in [0.2, 0.25) is 5.02 Å². The maximum Gasteiger partial charge on any atom is 0.145 e. The van der Waals surface area contributed by atoms with Gasteiger partial charge in [-0.15, -0.1) is 0 Å². The maximum atomic E-state index is 10.7. The molecule has 2 N–H and O–H groups in total. The van der Waals surface area contributed by atoms with Crippen LogP contribution in [0.3, 0.4) is 0 Å². The maximum absolute atomic E-state index is 10.7. The first-order valence-corrected chi connectivity index (χ1v) is 7.62. The van der Waals surface area contributed by atoms with E-state index in [-0.39, 0.29) is 0 Å². The lowest BCUT2D eigenvalue weighted by Gasteiger charge is -2.17. The van der Waals surface area contributed by atoms with E-state index in [4.69, 9.17) is 11.6 Å². The van der Waals surface area contributed by atoms with Gasteiger partial charge in [-0.1, -0.05) is 41.9 Å². The molecule has 0 saturated heterocycles. The molecule has 0 bridgehead atoms. The van der Waals surface area contributed by atoms with Crippen LogP contribution < -0.4 is 5.32 Å². The van der Waals surface area contributed by atoms with Crippen LogP contribution in [-0.4, -0.2) is 19.9 Å². The molecule has 0 saturated carbocycles. The molecule has 3 aromatic rings. The van der Waals surface area contributed by atoms with E-state index in [1.54, 1.807) is 16.8 Å². The van der Waals surface area contributed by atoms with Crippen molar-refractivity contribution in [1.82, 2.24) is 14.8 Å². The van der Waals surface area contributed by atoms with Gasteiger partial charge in [0.2, 0.25) is 0 Å². The highest BCUT2D eigenvalue weighted by atomic mass is 35.5. The fourth-order valence-corrected chi connectivity index (χ4v) is 2.57. The summed E-state index contributed by atoms with van der Waals surface area (Å²) >= 11 is 6.11. The quantitative estimate of drug-likeness (QED) is 0.755. The summed E-state index contributed by atoms with van der Waals surface area (Å²) in [6.07, 6.45) is 0.760. The third-order valence-corrected chi connectivity index (χ3v) is 3.90. The molecule has 2 aromatic carbocycles. The van der Waals surface area contributed by atoms with Crippen LogP contribution in [0.5, 0.6) is 0 Å². The Balaban J connectivity index is 1.87. The zero-order valence-electron chi connectivity index (χ0n) is 12.6. The zero-order valence-corrected chi connectivity index (χ0v) is 13.4. The number of anilines is 1. The SMILES string of the molecule is Cn1ncnc1CNc1ccc(Cl)cc1C(O)c1ccccc1. The van der Waals surface area contributed by atoms with Crippen LogP contribution >= 0.6 is 11.6 Å². The van der Waals surface area contributed by atoms with Crippen molar-refractivity contribution in [2.45, 2.75) is 12.6 Å². The molecule has 1 atom stereocenters. The van der Waals surface area contributed by atoms with Gasteiger partial charge in [-0.3, -0.25) is 4.68 Å². The number of hydrogen-bond donors (Lipinski definition) is 2. The summed E-state index contributed by atoms with van der Waals surface area (Å²) in [5.41, 5.74) is 2.36. The van der Waals surface area contributed by atoms with Gasteiger partial charge in [0.05, 0.1) is 6.54 Å². The molecule has 0 aliphatic carbocycles. The number of aliphatic hydroxyl groups is 1. The highest BCUT2D eigenvalue weighted by molar-refractivity contribution is 6.30. The van der Waals surface area contributed by atoms with Crippen molar-refractivity contribution >= 4 is 17.3 Å². The number of nitrogens with one attached hydrogen (secondary N) is 1. The lowest BCUT2D eigenvalue weighted by molar-refractivity contribution is 0.221. The molecule has 0 aliphatic rings. The number of hydrogen-bond acceptors (Lipinski definition) is 4. The minimum Gasteiger partial charge on any atom is -0.384 e. The number of benzene rings is 2. The van der Waals surface area contributed by atoms with E-state index in [9.17, 15) is 5.11 Å². The second-order valence-electron chi connectivity index (χ2n) is 5.20. The summed E-state index contributed by atoms with van der Waals surface area (Å²) in [6.45, 7) is 0.507. The minimum absolute atomic E-state index is 0.507. The predicted molar refractivity (Wildman–Crippen MR) is 90.3 cm³/mol. The van der Waals surface area contributed by atoms with Gasteiger partial charge in [-0.2, -0.15) is 5.10 Å². The zero-order chi connectivity index (χ0) is 16.2. The molecule has 0 amide bonds. The van der Waals surface area contributed by atoms with Gasteiger partial charge in [0.25, 0.3) is 0 Å². The lowest BCUT2D eigenvalue weighted by atomic mass is 10.00. The Morgan fingerprint density at radius 1 is 1.22 bits per heavy atom. The highest BCUT2D eigenvalue weighted by Gasteiger charge is 2.15. The summed E-state index contributed by atoms with van der Waals surface area (Å²) in [7, 11) is 1.84. The highest BCUT2D eigenvalue weighted by Crippen LogP contribution is 2.31. The molecule has 0 fully saturated rings. The van der Waals surface area contributed by atoms with E-state index in [0.717, 1.165) is 22.6 Å². The van der Waals surface area contributed by atoms with Crippen molar-refractivity contribution in [2.24, 2.45) is 7.05 Å². The Morgan fingerprint density at radius 2 is 2.00 bits per heavy atom. The first kappa shape index (κ1) is 15.5. The van der Waals surface area contributed by atoms with Gasteiger partial charge in [-0.05, 0) is 23.8 Å². The Kier molecular flexibility index (Phi) is 4.60.